The Morgan fingerprint density at radius 1 is 1.21 bits per heavy atom. The van der Waals surface area contributed by atoms with Crippen molar-refractivity contribution in [1.82, 2.24) is 0 Å². The lowest BCUT2D eigenvalue weighted by Gasteiger charge is -2.06. The van der Waals surface area contributed by atoms with Crippen LogP contribution in [0, 0.1) is 17.0 Å². The van der Waals surface area contributed by atoms with Crippen LogP contribution in [0.5, 0.6) is 0 Å². The summed E-state index contributed by atoms with van der Waals surface area (Å²) in [6.07, 6.45) is 1.49. The summed E-state index contributed by atoms with van der Waals surface area (Å²) in [5.74, 6) is -0.833. The number of fused-ring (bicyclic) bond motifs is 3. The van der Waals surface area contributed by atoms with Crippen LogP contribution in [-0.4, -0.2) is 16.0 Å². The summed E-state index contributed by atoms with van der Waals surface area (Å²) < 4.78 is 10.9. The third-order valence-corrected chi connectivity index (χ3v) is 3.99. The van der Waals surface area contributed by atoms with Crippen molar-refractivity contribution < 1.29 is 23.7 Å². The minimum absolute atomic E-state index is 0.0231. The number of aryl methyl sites for hydroxylation is 1. The molecule has 9 nitrogen and oxygen atoms in total. The number of hydrogen-bond acceptors (Lipinski definition) is 7. The van der Waals surface area contributed by atoms with E-state index in [1.807, 2.05) is 13.0 Å². The van der Waals surface area contributed by atoms with E-state index in [0.29, 0.717) is 27.9 Å². The van der Waals surface area contributed by atoms with Crippen molar-refractivity contribution in [2.75, 3.05) is 5.32 Å². The fraction of sp³-hybridized carbons (Fsp3) is 0.100. The molecular formula is C20H16N2O7. The Kier molecular flexibility index (Phi) is 5.31. The number of carbonyl (C=O) groups is 1. The van der Waals surface area contributed by atoms with Gasteiger partial charge in [-0.3, -0.25) is 14.9 Å². The van der Waals surface area contributed by atoms with Crippen molar-refractivity contribution in [3.63, 3.8) is 0 Å². The molecule has 0 aliphatic carbocycles. The van der Waals surface area contributed by atoms with Gasteiger partial charge in [0.2, 0.25) is 0 Å². The SMILES string of the molecule is CC(=O)O.Cc1cc(=O)oc2c1ccc1occ(Nc3cccc([N+](=O)[O-])c3)c12. The Morgan fingerprint density at radius 2 is 1.93 bits per heavy atom. The summed E-state index contributed by atoms with van der Waals surface area (Å²) in [6, 6.07) is 11.2. The predicted molar refractivity (Wildman–Crippen MR) is 107 cm³/mol. The highest BCUT2D eigenvalue weighted by Crippen LogP contribution is 2.35. The molecule has 0 amide bonds. The number of nitrogens with zero attached hydrogens (tertiary/aromatic N) is 1. The van der Waals surface area contributed by atoms with Crippen molar-refractivity contribution in [2.45, 2.75) is 13.8 Å². The quantitative estimate of drug-likeness (QED) is 0.291. The maximum absolute atomic E-state index is 11.8. The number of aliphatic carboxylic acids is 1. The number of carboxylic acids is 1. The molecular weight excluding hydrogens is 380 g/mol. The monoisotopic (exact) mass is 396 g/mol. The maximum atomic E-state index is 11.8. The number of nitro groups is 1. The first-order valence-corrected chi connectivity index (χ1v) is 8.42. The Bertz CT molecular complexity index is 1280. The second-order valence-corrected chi connectivity index (χ2v) is 6.16. The van der Waals surface area contributed by atoms with Crippen LogP contribution in [0.1, 0.15) is 12.5 Å². The number of carboxylic acid groups (broad SMARTS) is 1. The zero-order chi connectivity index (χ0) is 21.1. The number of nitrogens with one attached hydrogen (secondary N) is 1. The van der Waals surface area contributed by atoms with Gasteiger partial charge in [-0.1, -0.05) is 6.07 Å². The molecule has 0 aliphatic rings. The van der Waals surface area contributed by atoms with E-state index < -0.39 is 16.5 Å². The fourth-order valence-electron chi connectivity index (χ4n) is 2.85. The Hall–Kier alpha value is -4.14. The van der Waals surface area contributed by atoms with E-state index in [1.165, 1.54) is 24.5 Å². The molecule has 0 saturated carbocycles. The van der Waals surface area contributed by atoms with Gasteiger partial charge in [-0.25, -0.2) is 4.79 Å². The third-order valence-electron chi connectivity index (χ3n) is 3.99. The van der Waals surface area contributed by atoms with Gasteiger partial charge < -0.3 is 19.3 Å². The number of furan rings is 1. The van der Waals surface area contributed by atoms with Crippen LogP contribution in [0.25, 0.3) is 21.9 Å². The van der Waals surface area contributed by atoms with Crippen molar-refractivity contribution >= 4 is 45.0 Å². The van der Waals surface area contributed by atoms with E-state index in [0.717, 1.165) is 17.9 Å². The molecule has 0 atom stereocenters. The Labute approximate surface area is 163 Å². The molecule has 2 aromatic carbocycles. The van der Waals surface area contributed by atoms with E-state index in [4.69, 9.17) is 18.7 Å². The first kappa shape index (κ1) is 19.6. The lowest BCUT2D eigenvalue weighted by Crippen LogP contribution is -1.98. The van der Waals surface area contributed by atoms with E-state index in [1.54, 1.807) is 18.2 Å². The Morgan fingerprint density at radius 3 is 2.62 bits per heavy atom. The zero-order valence-electron chi connectivity index (χ0n) is 15.5. The molecule has 0 spiro atoms. The number of hydrogen-bond donors (Lipinski definition) is 2. The summed E-state index contributed by atoms with van der Waals surface area (Å²) in [5, 5.41) is 22.9. The molecule has 2 aromatic heterocycles. The summed E-state index contributed by atoms with van der Waals surface area (Å²) in [4.78, 5) is 31.2. The molecule has 4 aromatic rings. The average molecular weight is 396 g/mol. The van der Waals surface area contributed by atoms with Gasteiger partial charge in [0.25, 0.3) is 11.7 Å². The minimum Gasteiger partial charge on any atom is -0.481 e. The molecule has 9 heteroatoms. The molecule has 148 valence electrons. The maximum Gasteiger partial charge on any atom is 0.336 e. The van der Waals surface area contributed by atoms with Crippen LogP contribution in [0.3, 0.4) is 0 Å². The van der Waals surface area contributed by atoms with Gasteiger partial charge >= 0.3 is 5.63 Å². The fourth-order valence-corrected chi connectivity index (χ4v) is 2.85. The van der Waals surface area contributed by atoms with Gasteiger partial charge in [0.05, 0.1) is 16.0 Å². The lowest BCUT2D eigenvalue weighted by molar-refractivity contribution is -0.384. The minimum atomic E-state index is -0.833. The highest BCUT2D eigenvalue weighted by molar-refractivity contribution is 6.10. The molecule has 0 radical (unpaired) electrons. The third kappa shape index (κ3) is 4.24. The molecule has 0 aliphatic heterocycles. The molecule has 0 unspecified atom stereocenters. The number of benzene rings is 2. The smallest absolute Gasteiger partial charge is 0.336 e. The summed E-state index contributed by atoms with van der Waals surface area (Å²) in [7, 11) is 0. The first-order chi connectivity index (χ1) is 13.8. The van der Waals surface area contributed by atoms with E-state index in [-0.39, 0.29) is 5.69 Å². The van der Waals surface area contributed by atoms with E-state index >= 15 is 0 Å². The molecule has 2 N–H and O–H groups in total. The van der Waals surface area contributed by atoms with Gasteiger partial charge in [0.1, 0.15) is 11.8 Å². The van der Waals surface area contributed by atoms with Gasteiger partial charge in [0, 0.05) is 36.2 Å². The standard InChI is InChI=1S/C18H12N2O5.C2H4O2/c1-10-7-16(21)25-18-13(10)5-6-15-17(18)14(9-24-15)19-11-3-2-4-12(8-11)20(22)23;1-2(3)4/h2-9,19H,1H3;1H3,(H,3,4). The van der Waals surface area contributed by atoms with Crippen LogP contribution in [-0.2, 0) is 4.79 Å². The van der Waals surface area contributed by atoms with Crippen LogP contribution in [0.15, 0.2) is 62.4 Å². The second-order valence-electron chi connectivity index (χ2n) is 6.16. The summed E-state index contributed by atoms with van der Waals surface area (Å²) in [6.45, 7) is 2.92. The van der Waals surface area contributed by atoms with E-state index in [9.17, 15) is 14.9 Å². The van der Waals surface area contributed by atoms with Gasteiger partial charge in [-0.15, -0.1) is 0 Å². The lowest BCUT2D eigenvalue weighted by atomic mass is 10.1. The largest absolute Gasteiger partial charge is 0.481 e. The number of non-ortho nitro benzene ring substituents is 1. The molecule has 0 fully saturated rings. The molecule has 2 heterocycles. The van der Waals surface area contributed by atoms with Crippen LogP contribution in [0.2, 0.25) is 0 Å². The average Bonchev–Trinajstić information content (AvgIpc) is 3.04. The van der Waals surface area contributed by atoms with Crippen LogP contribution in [0.4, 0.5) is 17.1 Å². The van der Waals surface area contributed by atoms with Gasteiger partial charge in [-0.05, 0) is 30.7 Å². The topological polar surface area (TPSA) is 136 Å². The van der Waals surface area contributed by atoms with Gasteiger partial charge in [0.15, 0.2) is 5.58 Å². The number of rotatable bonds is 3. The Balaban J connectivity index is 0.000000552. The van der Waals surface area contributed by atoms with E-state index in [2.05, 4.69) is 5.32 Å². The first-order valence-electron chi connectivity index (χ1n) is 8.42. The summed E-state index contributed by atoms with van der Waals surface area (Å²) >= 11 is 0. The summed E-state index contributed by atoms with van der Waals surface area (Å²) in [5.41, 5.74) is 2.40. The normalized spacial score (nSPS) is 10.4. The van der Waals surface area contributed by atoms with Gasteiger partial charge in [-0.2, -0.15) is 0 Å². The second kappa shape index (κ2) is 7.85. The van der Waals surface area contributed by atoms with Crippen LogP contribution < -0.4 is 10.9 Å². The molecule has 0 saturated heterocycles. The predicted octanol–water partition coefficient (Wildman–Crippen LogP) is 4.59. The number of nitro benzene ring substituents is 1. The number of anilines is 2. The van der Waals surface area contributed by atoms with Crippen molar-refractivity contribution in [2.24, 2.45) is 0 Å². The van der Waals surface area contributed by atoms with Crippen molar-refractivity contribution in [1.29, 1.82) is 0 Å². The van der Waals surface area contributed by atoms with Crippen LogP contribution >= 0.6 is 0 Å². The van der Waals surface area contributed by atoms with Crippen molar-refractivity contribution in [3.05, 3.63) is 74.8 Å². The highest BCUT2D eigenvalue weighted by atomic mass is 16.6. The zero-order valence-corrected chi connectivity index (χ0v) is 15.5. The molecule has 0 bridgehead atoms. The highest BCUT2D eigenvalue weighted by Gasteiger charge is 2.15. The molecule has 4 rings (SSSR count). The van der Waals surface area contributed by atoms with Crippen molar-refractivity contribution in [3.8, 4) is 0 Å². The molecule has 29 heavy (non-hydrogen) atoms.